The van der Waals surface area contributed by atoms with Crippen molar-refractivity contribution in [2.45, 2.75) is 113 Å². The third-order valence-corrected chi connectivity index (χ3v) is 13.7. The van der Waals surface area contributed by atoms with Gasteiger partial charge in [-0.25, -0.2) is 0 Å². The molecule has 0 aliphatic heterocycles. The highest BCUT2D eigenvalue weighted by atomic mass is 16.5. The van der Waals surface area contributed by atoms with Crippen LogP contribution >= 0.6 is 0 Å². The third-order valence-electron chi connectivity index (χ3n) is 13.7. The van der Waals surface area contributed by atoms with Crippen molar-refractivity contribution in [3.05, 3.63) is 0 Å². The van der Waals surface area contributed by atoms with Crippen LogP contribution < -0.4 is 0 Å². The van der Waals surface area contributed by atoms with Gasteiger partial charge in [0.05, 0.1) is 12.5 Å². The van der Waals surface area contributed by atoms with Gasteiger partial charge in [-0.15, -0.1) is 0 Å². The van der Waals surface area contributed by atoms with Gasteiger partial charge >= 0.3 is 5.97 Å². The molecule has 3 nitrogen and oxygen atoms in total. The van der Waals surface area contributed by atoms with Crippen molar-refractivity contribution in [3.8, 4) is 0 Å². The summed E-state index contributed by atoms with van der Waals surface area (Å²) >= 11 is 0. The van der Waals surface area contributed by atoms with Crippen LogP contribution in [0.25, 0.3) is 0 Å². The SMILES string of the molecule is COC(=O)C12CCC(C(C)C)C1C1CCC3C4(C)CCC(=O)C(C)(C)C4CCC3(C)[C@]1(C)CC2. The highest BCUT2D eigenvalue weighted by Crippen LogP contribution is 2.77. The molecule has 0 aromatic carbocycles. The molecule has 5 aliphatic rings. The fourth-order valence-corrected chi connectivity index (χ4v) is 11.7. The number of ether oxygens (including phenoxy) is 1. The van der Waals surface area contributed by atoms with Crippen LogP contribution in [0.3, 0.4) is 0 Å². The number of Topliss-reactive ketones (excluding diaryl/α,β-unsaturated/α-hetero) is 1. The minimum Gasteiger partial charge on any atom is -0.469 e. The maximum Gasteiger partial charge on any atom is 0.312 e. The Hall–Kier alpha value is -0.860. The van der Waals surface area contributed by atoms with E-state index in [1.165, 1.54) is 32.1 Å². The second-order valence-electron chi connectivity index (χ2n) is 14.9. The van der Waals surface area contributed by atoms with E-state index in [9.17, 15) is 9.59 Å². The van der Waals surface area contributed by atoms with Crippen molar-refractivity contribution in [3.63, 3.8) is 0 Å². The van der Waals surface area contributed by atoms with Gasteiger partial charge in [0.15, 0.2) is 0 Å². The Bertz CT molecular complexity index is 874. The van der Waals surface area contributed by atoms with E-state index >= 15 is 0 Å². The molecular weight excluding hydrogens is 420 g/mol. The normalized spacial score (nSPS) is 51.8. The van der Waals surface area contributed by atoms with E-state index in [0.29, 0.717) is 41.3 Å². The molecule has 34 heavy (non-hydrogen) atoms. The maximum absolute atomic E-state index is 13.4. The lowest BCUT2D eigenvalue weighted by Crippen LogP contribution is -2.66. The van der Waals surface area contributed by atoms with Gasteiger partial charge < -0.3 is 4.74 Å². The molecule has 192 valence electrons. The number of hydrogen-bond donors (Lipinski definition) is 0. The van der Waals surface area contributed by atoms with E-state index < -0.39 is 0 Å². The Labute approximate surface area is 208 Å². The first-order chi connectivity index (χ1) is 15.8. The minimum atomic E-state index is -0.253. The van der Waals surface area contributed by atoms with Gasteiger partial charge in [-0.2, -0.15) is 0 Å². The van der Waals surface area contributed by atoms with Crippen LogP contribution in [0.5, 0.6) is 0 Å². The van der Waals surface area contributed by atoms with Gasteiger partial charge in [-0.3, -0.25) is 9.59 Å². The summed E-state index contributed by atoms with van der Waals surface area (Å²) in [6, 6.07) is 0. The lowest BCUT2D eigenvalue weighted by molar-refractivity contribution is -0.237. The molecule has 0 aromatic rings. The molecule has 0 bridgehead atoms. The monoisotopic (exact) mass is 470 g/mol. The quantitative estimate of drug-likeness (QED) is 0.393. The van der Waals surface area contributed by atoms with Crippen LogP contribution in [0.1, 0.15) is 113 Å². The minimum absolute atomic E-state index is 0.0817. The highest BCUT2D eigenvalue weighted by Gasteiger charge is 2.72. The number of ketones is 1. The first-order valence-electron chi connectivity index (χ1n) is 14.4. The standard InChI is InChI=1S/C31H50O3/c1-19(2)20-11-16-31(26(33)34-8)18-17-29(6)21(25(20)31)9-10-23-28(5)14-13-24(32)27(3,4)22(28)12-15-30(23,29)7/h19-23,25H,9-18H2,1-8H3/t20?,21?,22?,23?,25?,28?,29-,30?,31?/m1/s1. The van der Waals surface area contributed by atoms with E-state index in [1.807, 2.05) is 0 Å². The number of carbonyl (C=O) groups excluding carboxylic acids is 2. The van der Waals surface area contributed by atoms with Crippen molar-refractivity contribution in [1.82, 2.24) is 0 Å². The third kappa shape index (κ3) is 2.82. The van der Waals surface area contributed by atoms with Gasteiger partial charge in [0.25, 0.3) is 0 Å². The Balaban J connectivity index is 1.56. The molecular formula is C31H50O3. The first kappa shape index (κ1) is 24.8. The van der Waals surface area contributed by atoms with Gasteiger partial charge in [-0.05, 0) is 110 Å². The predicted octanol–water partition coefficient (Wildman–Crippen LogP) is 7.47. The fraction of sp³-hybridized carbons (Fsp3) is 0.935. The van der Waals surface area contributed by atoms with Crippen LogP contribution in [0.4, 0.5) is 0 Å². The topological polar surface area (TPSA) is 43.4 Å². The molecule has 0 aromatic heterocycles. The summed E-state index contributed by atoms with van der Waals surface area (Å²) in [5.74, 6) is 4.07. The summed E-state index contributed by atoms with van der Waals surface area (Å²) in [5.41, 5.74) is 0.353. The van der Waals surface area contributed by atoms with E-state index in [-0.39, 0.29) is 33.0 Å². The molecule has 0 N–H and O–H groups in total. The molecule has 5 fully saturated rings. The largest absolute Gasteiger partial charge is 0.469 e. The van der Waals surface area contributed by atoms with Crippen LogP contribution in [0, 0.1) is 62.6 Å². The molecule has 5 rings (SSSR count). The van der Waals surface area contributed by atoms with Crippen molar-refractivity contribution < 1.29 is 14.3 Å². The maximum atomic E-state index is 13.4. The highest BCUT2D eigenvalue weighted by molar-refractivity contribution is 5.85. The number of fused-ring (bicyclic) bond motifs is 7. The number of rotatable bonds is 2. The average molecular weight is 471 g/mol. The Morgan fingerprint density at radius 3 is 2.21 bits per heavy atom. The van der Waals surface area contributed by atoms with Crippen molar-refractivity contribution >= 4 is 11.8 Å². The van der Waals surface area contributed by atoms with Gasteiger partial charge in [0.1, 0.15) is 5.78 Å². The summed E-state index contributed by atoms with van der Waals surface area (Å²) < 4.78 is 5.52. The molecule has 8 unspecified atom stereocenters. The van der Waals surface area contributed by atoms with Crippen LogP contribution in [0.2, 0.25) is 0 Å². The van der Waals surface area contributed by atoms with Gasteiger partial charge in [0, 0.05) is 11.8 Å². The van der Waals surface area contributed by atoms with E-state index in [0.717, 1.165) is 32.1 Å². The molecule has 5 aliphatic carbocycles. The molecule has 0 amide bonds. The molecule has 9 atom stereocenters. The number of hydrogen-bond acceptors (Lipinski definition) is 3. The summed E-state index contributed by atoms with van der Waals surface area (Å²) in [6.07, 6.45) is 11.2. The van der Waals surface area contributed by atoms with E-state index in [4.69, 9.17) is 4.74 Å². The second kappa shape index (κ2) is 7.58. The fourth-order valence-electron chi connectivity index (χ4n) is 11.7. The number of esters is 1. The van der Waals surface area contributed by atoms with Crippen molar-refractivity contribution in [2.24, 2.45) is 62.6 Å². The summed E-state index contributed by atoms with van der Waals surface area (Å²) in [5, 5.41) is 0. The molecule has 0 spiro atoms. The zero-order chi connectivity index (χ0) is 24.9. The Kier molecular flexibility index (Phi) is 5.53. The lowest BCUT2D eigenvalue weighted by atomic mass is 9.32. The van der Waals surface area contributed by atoms with E-state index in [2.05, 4.69) is 48.5 Å². The zero-order valence-corrected chi connectivity index (χ0v) is 23.3. The summed E-state index contributed by atoms with van der Waals surface area (Å²) in [4.78, 5) is 26.3. The van der Waals surface area contributed by atoms with E-state index in [1.54, 1.807) is 7.11 Å². The zero-order valence-electron chi connectivity index (χ0n) is 23.3. The molecule has 3 heteroatoms. The Morgan fingerprint density at radius 2 is 1.56 bits per heavy atom. The van der Waals surface area contributed by atoms with Crippen LogP contribution in [0.15, 0.2) is 0 Å². The van der Waals surface area contributed by atoms with Crippen molar-refractivity contribution in [2.75, 3.05) is 7.11 Å². The van der Waals surface area contributed by atoms with Gasteiger partial charge in [0.2, 0.25) is 0 Å². The Morgan fingerprint density at radius 1 is 0.853 bits per heavy atom. The molecule has 0 saturated heterocycles. The summed E-state index contributed by atoms with van der Waals surface area (Å²) in [6.45, 7) is 17.1. The first-order valence-corrected chi connectivity index (χ1v) is 14.4. The van der Waals surface area contributed by atoms with Crippen LogP contribution in [-0.4, -0.2) is 18.9 Å². The summed E-state index contributed by atoms with van der Waals surface area (Å²) in [7, 11) is 1.61. The molecule has 0 heterocycles. The lowest BCUT2D eigenvalue weighted by Gasteiger charge is -2.72. The number of methoxy groups -OCH3 is 1. The second-order valence-corrected chi connectivity index (χ2v) is 14.9. The number of carbonyl (C=O) groups is 2. The van der Waals surface area contributed by atoms with Crippen LogP contribution in [-0.2, 0) is 14.3 Å². The smallest absolute Gasteiger partial charge is 0.312 e. The molecule has 5 saturated carbocycles. The van der Waals surface area contributed by atoms with Gasteiger partial charge in [-0.1, -0.05) is 48.5 Å². The molecule has 0 radical (unpaired) electrons. The van der Waals surface area contributed by atoms with Crippen molar-refractivity contribution in [1.29, 1.82) is 0 Å². The predicted molar refractivity (Wildman–Crippen MR) is 136 cm³/mol. The average Bonchev–Trinajstić information content (AvgIpc) is 3.18.